The first-order valence-electron chi connectivity index (χ1n) is 8.00. The third-order valence-electron chi connectivity index (χ3n) is 3.53. The largest absolute Gasteiger partial charge is 0.325 e. The van der Waals surface area contributed by atoms with Crippen LogP contribution in [-0.2, 0) is 4.79 Å². The summed E-state index contributed by atoms with van der Waals surface area (Å²) in [5.74, 6) is -0.300. The maximum Gasteiger partial charge on any atom is 0.258 e. The van der Waals surface area contributed by atoms with Gasteiger partial charge in [-0.1, -0.05) is 52.9 Å². The fraction of sp³-hybridized carbons (Fsp3) is 0.111. The molecule has 0 radical (unpaired) electrons. The Morgan fingerprint density at radius 3 is 2.71 bits per heavy atom. The average Bonchev–Trinajstić information content (AvgIpc) is 3.11. The van der Waals surface area contributed by atoms with Crippen molar-refractivity contribution < 1.29 is 9.59 Å². The van der Waals surface area contributed by atoms with E-state index in [-0.39, 0.29) is 17.6 Å². The number of carbonyl (C=O) groups excluding carboxylic acids is 2. The van der Waals surface area contributed by atoms with Crippen LogP contribution in [0.5, 0.6) is 0 Å². The minimum atomic E-state index is -0.283. The lowest BCUT2D eigenvalue weighted by atomic mass is 10.2. The van der Waals surface area contributed by atoms with E-state index < -0.39 is 0 Å². The zero-order chi connectivity index (χ0) is 20.1. The molecule has 0 fully saturated rings. The van der Waals surface area contributed by atoms with E-state index in [9.17, 15) is 9.59 Å². The van der Waals surface area contributed by atoms with E-state index in [0.717, 1.165) is 5.56 Å². The number of hydrogen-bond donors (Lipinski definition) is 2. The van der Waals surface area contributed by atoms with Crippen LogP contribution in [0.2, 0.25) is 5.02 Å². The van der Waals surface area contributed by atoms with Gasteiger partial charge in [0.2, 0.25) is 11.0 Å². The Kier molecular flexibility index (Phi) is 7.06. The molecule has 2 N–H and O–H groups in total. The molecule has 0 saturated carbocycles. The van der Waals surface area contributed by atoms with E-state index in [4.69, 9.17) is 11.6 Å². The molecule has 1 heterocycles. The van der Waals surface area contributed by atoms with Crippen molar-refractivity contribution in [3.05, 3.63) is 63.1 Å². The van der Waals surface area contributed by atoms with Gasteiger partial charge in [0.1, 0.15) is 0 Å². The van der Waals surface area contributed by atoms with E-state index in [1.807, 2.05) is 19.1 Å². The van der Waals surface area contributed by atoms with Crippen LogP contribution in [0.4, 0.5) is 10.8 Å². The summed E-state index contributed by atoms with van der Waals surface area (Å²) in [6, 6.07) is 12.4. The second-order valence-corrected chi connectivity index (χ2v) is 9.07. The molecule has 1 aromatic heterocycles. The van der Waals surface area contributed by atoms with Crippen molar-refractivity contribution in [1.29, 1.82) is 0 Å². The van der Waals surface area contributed by atoms with Crippen LogP contribution < -0.4 is 10.6 Å². The standard InChI is InChI=1S/C18H14BrClN4O2S2/c1-10-6-7-11(8-14(10)20)21-15(25)9-27-18-24-23-17(28-18)22-16(26)12-4-2-3-5-13(12)19/h2-8H,9H2,1H3,(H,21,25)(H,22,23,26). The summed E-state index contributed by atoms with van der Waals surface area (Å²) in [6.07, 6.45) is 0. The first kappa shape index (κ1) is 20.8. The Bertz CT molecular complexity index is 1030. The summed E-state index contributed by atoms with van der Waals surface area (Å²) < 4.78 is 1.28. The highest BCUT2D eigenvalue weighted by Crippen LogP contribution is 2.27. The van der Waals surface area contributed by atoms with Crippen LogP contribution in [0.1, 0.15) is 15.9 Å². The number of rotatable bonds is 6. The Hall–Kier alpha value is -1.94. The number of aromatic nitrogens is 2. The highest BCUT2D eigenvalue weighted by Gasteiger charge is 2.14. The molecule has 2 aromatic carbocycles. The first-order chi connectivity index (χ1) is 13.4. The van der Waals surface area contributed by atoms with E-state index in [1.165, 1.54) is 23.1 Å². The van der Waals surface area contributed by atoms with Crippen molar-refractivity contribution in [3.8, 4) is 0 Å². The second kappa shape index (κ2) is 9.51. The van der Waals surface area contributed by atoms with Gasteiger partial charge in [0, 0.05) is 15.2 Å². The summed E-state index contributed by atoms with van der Waals surface area (Å²) in [5, 5.41) is 14.4. The summed E-state index contributed by atoms with van der Waals surface area (Å²) in [5.41, 5.74) is 2.09. The lowest BCUT2D eigenvalue weighted by Crippen LogP contribution is -2.13. The maximum absolute atomic E-state index is 12.3. The van der Waals surface area contributed by atoms with Gasteiger partial charge in [-0.2, -0.15) is 0 Å². The fourth-order valence-electron chi connectivity index (χ4n) is 2.12. The zero-order valence-corrected chi connectivity index (χ0v) is 18.5. The third kappa shape index (κ3) is 5.54. The molecule has 0 bridgehead atoms. The van der Waals surface area contributed by atoms with E-state index in [1.54, 1.807) is 30.3 Å². The Balaban J connectivity index is 1.53. The highest BCUT2D eigenvalue weighted by atomic mass is 79.9. The number of halogens is 2. The van der Waals surface area contributed by atoms with Gasteiger partial charge in [0.05, 0.1) is 11.3 Å². The molecule has 0 spiro atoms. The smallest absolute Gasteiger partial charge is 0.258 e. The summed E-state index contributed by atoms with van der Waals surface area (Å²) in [6.45, 7) is 1.89. The average molecular weight is 498 g/mol. The summed E-state index contributed by atoms with van der Waals surface area (Å²) in [7, 11) is 0. The topological polar surface area (TPSA) is 84.0 Å². The van der Waals surface area contributed by atoms with E-state index in [0.29, 0.717) is 30.2 Å². The number of nitrogens with zero attached hydrogens (tertiary/aromatic N) is 2. The predicted molar refractivity (Wildman–Crippen MR) is 118 cm³/mol. The molecular formula is C18H14BrClN4O2S2. The highest BCUT2D eigenvalue weighted by molar-refractivity contribution is 9.10. The Labute approximate surface area is 183 Å². The van der Waals surface area contributed by atoms with Crippen LogP contribution in [-0.4, -0.2) is 27.8 Å². The van der Waals surface area contributed by atoms with Crippen molar-refractivity contribution in [3.63, 3.8) is 0 Å². The first-order valence-corrected chi connectivity index (χ1v) is 11.0. The monoisotopic (exact) mass is 496 g/mol. The lowest BCUT2D eigenvalue weighted by Gasteiger charge is -2.06. The van der Waals surface area contributed by atoms with Gasteiger partial charge in [0.15, 0.2) is 4.34 Å². The van der Waals surface area contributed by atoms with Crippen LogP contribution >= 0.6 is 50.6 Å². The van der Waals surface area contributed by atoms with Crippen molar-refractivity contribution in [1.82, 2.24) is 10.2 Å². The van der Waals surface area contributed by atoms with E-state index in [2.05, 4.69) is 36.8 Å². The number of amides is 2. The molecule has 144 valence electrons. The number of nitrogens with one attached hydrogen (secondary N) is 2. The molecule has 0 aliphatic heterocycles. The van der Waals surface area contributed by atoms with Crippen LogP contribution in [0, 0.1) is 6.92 Å². The summed E-state index contributed by atoms with van der Waals surface area (Å²) in [4.78, 5) is 24.4. The molecule has 28 heavy (non-hydrogen) atoms. The SMILES string of the molecule is Cc1ccc(NC(=O)CSc2nnc(NC(=O)c3ccccc3Br)s2)cc1Cl. The van der Waals surface area contributed by atoms with Crippen LogP contribution in [0.15, 0.2) is 51.3 Å². The molecule has 3 aromatic rings. The third-order valence-corrected chi connectivity index (χ3v) is 6.60. The number of hydrogen-bond acceptors (Lipinski definition) is 6. The van der Waals surface area contributed by atoms with Gasteiger partial charge in [-0.25, -0.2) is 0 Å². The quantitative estimate of drug-likeness (QED) is 0.359. The Morgan fingerprint density at radius 2 is 1.96 bits per heavy atom. The number of benzene rings is 2. The van der Waals surface area contributed by atoms with E-state index >= 15 is 0 Å². The molecule has 0 aliphatic rings. The van der Waals surface area contributed by atoms with Crippen LogP contribution in [0.25, 0.3) is 0 Å². The second-order valence-electron chi connectivity index (χ2n) is 5.61. The van der Waals surface area contributed by atoms with Gasteiger partial charge in [-0.15, -0.1) is 10.2 Å². The molecule has 0 aliphatic carbocycles. The van der Waals surface area contributed by atoms with Crippen molar-refractivity contribution in [2.24, 2.45) is 0 Å². The molecular weight excluding hydrogens is 484 g/mol. The number of carbonyl (C=O) groups is 2. The van der Waals surface area contributed by atoms with Crippen molar-refractivity contribution in [2.75, 3.05) is 16.4 Å². The van der Waals surface area contributed by atoms with Gasteiger partial charge < -0.3 is 5.32 Å². The Morgan fingerprint density at radius 1 is 1.18 bits per heavy atom. The maximum atomic E-state index is 12.3. The minimum absolute atomic E-state index is 0.165. The van der Waals surface area contributed by atoms with Crippen molar-refractivity contribution >= 4 is 73.3 Å². The number of thioether (sulfide) groups is 1. The fourth-order valence-corrected chi connectivity index (χ4v) is 4.32. The van der Waals surface area contributed by atoms with Gasteiger partial charge in [-0.3, -0.25) is 14.9 Å². The molecule has 10 heteroatoms. The van der Waals surface area contributed by atoms with Gasteiger partial charge in [0.25, 0.3) is 5.91 Å². The zero-order valence-electron chi connectivity index (χ0n) is 14.5. The molecule has 0 saturated heterocycles. The normalized spacial score (nSPS) is 10.5. The minimum Gasteiger partial charge on any atom is -0.325 e. The van der Waals surface area contributed by atoms with Crippen molar-refractivity contribution in [2.45, 2.75) is 11.3 Å². The molecule has 0 atom stereocenters. The van der Waals surface area contributed by atoms with Gasteiger partial charge >= 0.3 is 0 Å². The number of aryl methyl sites for hydroxylation is 1. The van der Waals surface area contributed by atoms with Crippen LogP contribution in [0.3, 0.4) is 0 Å². The predicted octanol–water partition coefficient (Wildman–Crippen LogP) is 5.25. The van der Waals surface area contributed by atoms with Gasteiger partial charge in [-0.05, 0) is 52.7 Å². The molecule has 6 nitrogen and oxygen atoms in total. The molecule has 0 unspecified atom stereocenters. The molecule has 2 amide bonds. The summed E-state index contributed by atoms with van der Waals surface area (Å²) >= 11 is 11.8. The molecule has 3 rings (SSSR count). The lowest BCUT2D eigenvalue weighted by molar-refractivity contribution is -0.113. The number of anilines is 2.